The zero-order valence-corrected chi connectivity index (χ0v) is 11.1. The van der Waals surface area contributed by atoms with Gasteiger partial charge in [-0.25, -0.2) is 0 Å². The van der Waals surface area contributed by atoms with Crippen LogP contribution in [-0.2, 0) is 9.53 Å². The van der Waals surface area contributed by atoms with Crippen LogP contribution < -0.4 is 0 Å². The Bertz CT molecular complexity index is 273. The Morgan fingerprint density at radius 1 is 1.31 bits per heavy atom. The summed E-state index contributed by atoms with van der Waals surface area (Å²) < 4.78 is 5.12. The van der Waals surface area contributed by atoms with Crippen LogP contribution in [0.2, 0.25) is 0 Å². The molecule has 0 aliphatic carbocycles. The third kappa shape index (κ3) is 5.16. The number of rotatable bonds is 5. The van der Waals surface area contributed by atoms with E-state index in [1.807, 2.05) is 19.9 Å². The van der Waals surface area contributed by atoms with Gasteiger partial charge in [-0.15, -0.1) is 0 Å². The van der Waals surface area contributed by atoms with Crippen LogP contribution in [0.1, 0.15) is 53.9 Å². The minimum absolute atomic E-state index is 0.0962. The van der Waals surface area contributed by atoms with E-state index in [2.05, 4.69) is 20.8 Å². The maximum atomic E-state index is 11.9. The number of hydrogen-bond donors (Lipinski definition) is 0. The lowest BCUT2D eigenvalue weighted by molar-refractivity contribution is -0.156. The Balaban J connectivity index is 4.45. The zero-order chi connectivity index (χ0) is 12.8. The maximum absolute atomic E-state index is 11.9. The van der Waals surface area contributed by atoms with Gasteiger partial charge in [0, 0.05) is 0 Å². The molecule has 0 saturated heterocycles. The molecule has 0 aromatic heterocycles. The van der Waals surface area contributed by atoms with Gasteiger partial charge in [0.2, 0.25) is 0 Å². The number of esters is 1. The fourth-order valence-corrected chi connectivity index (χ4v) is 1.88. The molecule has 0 radical (unpaired) electrons. The number of hydrogen-bond acceptors (Lipinski definition) is 3. The highest BCUT2D eigenvalue weighted by atomic mass is 16.5. The van der Waals surface area contributed by atoms with E-state index in [0.29, 0.717) is 0 Å². The third-order valence-electron chi connectivity index (χ3n) is 2.64. The van der Waals surface area contributed by atoms with Crippen LogP contribution in [0.5, 0.6) is 0 Å². The second-order valence-electron chi connectivity index (χ2n) is 5.70. The van der Waals surface area contributed by atoms with Crippen molar-refractivity contribution >= 4 is 5.97 Å². The van der Waals surface area contributed by atoms with Crippen molar-refractivity contribution in [2.24, 2.45) is 10.8 Å². The molecule has 0 fully saturated rings. The van der Waals surface area contributed by atoms with Gasteiger partial charge in [0.15, 0.2) is 0 Å². The van der Waals surface area contributed by atoms with Crippen molar-refractivity contribution in [3.8, 4) is 6.07 Å². The van der Waals surface area contributed by atoms with Gasteiger partial charge < -0.3 is 4.74 Å². The molecule has 92 valence electrons. The van der Waals surface area contributed by atoms with Crippen molar-refractivity contribution in [2.45, 2.75) is 53.9 Å². The Morgan fingerprint density at radius 3 is 2.25 bits per heavy atom. The van der Waals surface area contributed by atoms with Gasteiger partial charge in [0.1, 0.15) is 6.61 Å². The van der Waals surface area contributed by atoms with Crippen LogP contribution in [0.25, 0.3) is 0 Å². The first-order valence-corrected chi connectivity index (χ1v) is 5.79. The van der Waals surface area contributed by atoms with E-state index in [-0.39, 0.29) is 24.4 Å². The quantitative estimate of drug-likeness (QED) is 0.533. The molecule has 0 rings (SSSR count). The van der Waals surface area contributed by atoms with Crippen LogP contribution in [0, 0.1) is 22.2 Å². The van der Waals surface area contributed by atoms with Gasteiger partial charge >= 0.3 is 5.97 Å². The van der Waals surface area contributed by atoms with E-state index in [9.17, 15) is 4.79 Å². The van der Waals surface area contributed by atoms with Crippen molar-refractivity contribution in [1.82, 2.24) is 0 Å². The van der Waals surface area contributed by atoms with Crippen LogP contribution >= 0.6 is 0 Å². The highest BCUT2D eigenvalue weighted by Gasteiger charge is 2.36. The summed E-state index contributed by atoms with van der Waals surface area (Å²) in [6.07, 6.45) is 1.82. The average molecular weight is 225 g/mol. The van der Waals surface area contributed by atoms with Crippen LogP contribution in [0.15, 0.2) is 0 Å². The summed E-state index contributed by atoms with van der Waals surface area (Å²) in [6, 6.07) is 1.96. The molecule has 0 spiro atoms. The van der Waals surface area contributed by atoms with Gasteiger partial charge in [-0.3, -0.25) is 4.79 Å². The van der Waals surface area contributed by atoms with Crippen molar-refractivity contribution in [2.75, 3.05) is 6.61 Å². The largest absolute Gasteiger partial charge is 0.464 e. The van der Waals surface area contributed by atoms with Crippen molar-refractivity contribution < 1.29 is 9.53 Å². The highest BCUT2D eigenvalue weighted by molar-refractivity contribution is 5.76. The predicted octanol–water partition coefficient (Wildman–Crippen LogP) is 3.30. The lowest BCUT2D eigenvalue weighted by Gasteiger charge is -2.32. The number of carbonyl (C=O) groups is 1. The molecule has 3 heteroatoms. The minimum Gasteiger partial charge on any atom is -0.464 e. The van der Waals surface area contributed by atoms with Crippen molar-refractivity contribution in [3.63, 3.8) is 0 Å². The average Bonchev–Trinajstić information content (AvgIpc) is 2.15. The van der Waals surface area contributed by atoms with Gasteiger partial charge in [-0.2, -0.15) is 5.26 Å². The number of nitrogens with zero attached hydrogens (tertiary/aromatic N) is 1. The topological polar surface area (TPSA) is 50.1 Å². The maximum Gasteiger partial charge on any atom is 0.311 e. The summed E-state index contributed by atoms with van der Waals surface area (Å²) in [7, 11) is 0. The second-order valence-corrected chi connectivity index (χ2v) is 5.70. The molecule has 0 saturated carbocycles. The third-order valence-corrected chi connectivity index (χ3v) is 2.64. The van der Waals surface area contributed by atoms with E-state index in [1.54, 1.807) is 0 Å². The smallest absolute Gasteiger partial charge is 0.311 e. The summed E-state index contributed by atoms with van der Waals surface area (Å²) in [5.41, 5.74) is -0.341. The molecule has 1 unspecified atom stereocenters. The van der Waals surface area contributed by atoms with E-state index in [4.69, 9.17) is 10.00 Å². The summed E-state index contributed by atoms with van der Waals surface area (Å²) in [6.45, 7) is 10.5. The van der Waals surface area contributed by atoms with Crippen LogP contribution in [0.4, 0.5) is 0 Å². The molecule has 0 heterocycles. The molecular weight excluding hydrogens is 202 g/mol. The Hall–Kier alpha value is -1.04. The molecule has 0 aliphatic rings. The fourth-order valence-electron chi connectivity index (χ4n) is 1.88. The summed E-state index contributed by atoms with van der Waals surface area (Å²) in [5.74, 6) is -0.180. The van der Waals surface area contributed by atoms with E-state index in [0.717, 1.165) is 12.8 Å². The molecule has 0 aliphatic heterocycles. The second kappa shape index (κ2) is 5.89. The molecule has 1 atom stereocenters. The van der Waals surface area contributed by atoms with E-state index >= 15 is 0 Å². The molecule has 0 N–H and O–H groups in total. The van der Waals surface area contributed by atoms with Gasteiger partial charge in [0.25, 0.3) is 0 Å². The number of ether oxygens (including phenoxy) is 1. The monoisotopic (exact) mass is 225 g/mol. The molecule has 0 aromatic rings. The summed E-state index contributed by atoms with van der Waals surface area (Å²) in [4.78, 5) is 11.9. The fraction of sp³-hybridized carbons (Fsp3) is 0.846. The Labute approximate surface area is 98.8 Å². The number of nitriles is 1. The van der Waals surface area contributed by atoms with E-state index < -0.39 is 5.41 Å². The lowest BCUT2D eigenvalue weighted by atomic mass is 9.73. The lowest BCUT2D eigenvalue weighted by Crippen LogP contribution is -2.33. The predicted molar refractivity (Wildman–Crippen MR) is 63.7 cm³/mol. The van der Waals surface area contributed by atoms with E-state index in [1.165, 1.54) is 0 Å². The molecule has 0 amide bonds. The van der Waals surface area contributed by atoms with Gasteiger partial charge in [-0.05, 0) is 25.2 Å². The molecule has 3 nitrogen and oxygen atoms in total. The molecular formula is C13H23NO2. The SMILES string of the molecule is CCC(C)(CC(C)(C)C)C(=O)OCCC#N. The first-order chi connectivity index (χ1) is 7.25. The van der Waals surface area contributed by atoms with Crippen molar-refractivity contribution in [3.05, 3.63) is 0 Å². The highest BCUT2D eigenvalue weighted by Crippen LogP contribution is 2.37. The van der Waals surface area contributed by atoms with Crippen molar-refractivity contribution in [1.29, 1.82) is 5.26 Å². The van der Waals surface area contributed by atoms with Gasteiger partial charge in [0.05, 0.1) is 17.9 Å². The minimum atomic E-state index is -0.437. The zero-order valence-electron chi connectivity index (χ0n) is 11.1. The summed E-state index contributed by atoms with van der Waals surface area (Å²) >= 11 is 0. The number of carbonyl (C=O) groups excluding carboxylic acids is 1. The first kappa shape index (κ1) is 15.0. The molecule has 0 aromatic carbocycles. The Kier molecular flexibility index (Phi) is 5.50. The molecule has 0 bridgehead atoms. The van der Waals surface area contributed by atoms with Gasteiger partial charge in [-0.1, -0.05) is 27.7 Å². The standard InChI is InChI=1S/C13H23NO2/c1-6-13(5,10-12(2,3)4)11(15)16-9-7-8-14/h6-7,9-10H2,1-5H3. The van der Waals surface area contributed by atoms with Crippen LogP contribution in [-0.4, -0.2) is 12.6 Å². The Morgan fingerprint density at radius 2 is 1.88 bits per heavy atom. The first-order valence-electron chi connectivity index (χ1n) is 5.79. The van der Waals surface area contributed by atoms with Crippen LogP contribution in [0.3, 0.4) is 0 Å². The summed E-state index contributed by atoms with van der Waals surface area (Å²) in [5, 5.41) is 8.38. The normalized spacial score (nSPS) is 15.0. The molecule has 16 heavy (non-hydrogen) atoms.